The minimum absolute atomic E-state index is 0.0641. The molecule has 2 atom stereocenters. The predicted molar refractivity (Wildman–Crippen MR) is 148 cm³/mol. The fourth-order valence-corrected chi connectivity index (χ4v) is 5.50. The number of rotatable bonds is 6. The van der Waals surface area contributed by atoms with E-state index in [0.29, 0.717) is 11.7 Å². The van der Waals surface area contributed by atoms with Crippen LogP contribution in [0.25, 0.3) is 5.69 Å². The first kappa shape index (κ1) is 23.6. The van der Waals surface area contributed by atoms with E-state index < -0.39 is 0 Å². The number of pyridine rings is 1. The largest absolute Gasteiger partial charge is 0.494 e. The molecule has 0 amide bonds. The lowest BCUT2D eigenvalue weighted by Crippen LogP contribution is -2.29. The van der Waals surface area contributed by atoms with E-state index in [1.165, 1.54) is 17.0 Å². The number of aryl methyl sites for hydroxylation is 1. The van der Waals surface area contributed by atoms with Crippen molar-refractivity contribution >= 4 is 38.9 Å². The summed E-state index contributed by atoms with van der Waals surface area (Å²) >= 11 is 9.44. The normalized spacial score (nSPS) is 17.5. The van der Waals surface area contributed by atoms with Crippen molar-refractivity contribution in [3.05, 3.63) is 106 Å². The number of ether oxygens (including phenoxy) is 1. The fraction of sp³-hybridized carbons (Fsp3) is 0.214. The lowest BCUT2D eigenvalue weighted by atomic mass is 9.96. The van der Waals surface area contributed by atoms with Gasteiger partial charge in [-0.1, -0.05) is 22.0 Å². The molecule has 3 heterocycles. The Bertz CT molecular complexity index is 1340. The van der Waals surface area contributed by atoms with E-state index in [2.05, 4.69) is 98.1 Å². The minimum Gasteiger partial charge on any atom is -0.494 e. The van der Waals surface area contributed by atoms with Crippen molar-refractivity contribution in [2.45, 2.75) is 32.9 Å². The Balaban J connectivity index is 1.63. The smallest absolute Gasteiger partial charge is 0.174 e. The maximum Gasteiger partial charge on any atom is 0.174 e. The molecule has 1 aliphatic heterocycles. The van der Waals surface area contributed by atoms with Crippen molar-refractivity contribution in [3.63, 3.8) is 0 Å². The predicted octanol–water partition coefficient (Wildman–Crippen LogP) is 6.83. The van der Waals surface area contributed by atoms with Gasteiger partial charge in [-0.25, -0.2) is 0 Å². The van der Waals surface area contributed by atoms with Crippen LogP contribution in [0.5, 0.6) is 5.75 Å². The zero-order valence-electron chi connectivity index (χ0n) is 19.9. The molecule has 1 saturated heterocycles. The standard InChI is InChI=1S/C28H27BrN4OS/c1-4-34-23-14-12-22(13-15-23)33-27(26(31-28(33)35)25-7-5-6-16-30-25)24-17-18(2)32(19(24)3)21-10-8-20(29)9-11-21/h5-17,26-27H,4H2,1-3H3,(H,31,35)/t26-,27+/m1/s1. The molecule has 2 aromatic carbocycles. The Labute approximate surface area is 219 Å². The van der Waals surface area contributed by atoms with Gasteiger partial charge in [-0.2, -0.15) is 0 Å². The van der Waals surface area contributed by atoms with Crippen LogP contribution in [-0.2, 0) is 0 Å². The van der Waals surface area contributed by atoms with Gasteiger partial charge in [-0.3, -0.25) is 4.98 Å². The maximum absolute atomic E-state index is 5.90. The second-order valence-electron chi connectivity index (χ2n) is 8.56. The lowest BCUT2D eigenvalue weighted by molar-refractivity contribution is 0.340. The van der Waals surface area contributed by atoms with E-state index in [4.69, 9.17) is 17.0 Å². The molecular weight excluding hydrogens is 520 g/mol. The fourth-order valence-electron chi connectivity index (χ4n) is 4.89. The van der Waals surface area contributed by atoms with Crippen LogP contribution < -0.4 is 15.0 Å². The highest BCUT2D eigenvalue weighted by atomic mass is 79.9. The van der Waals surface area contributed by atoms with E-state index >= 15 is 0 Å². The lowest BCUT2D eigenvalue weighted by Gasteiger charge is -2.28. The molecule has 2 aromatic heterocycles. The summed E-state index contributed by atoms with van der Waals surface area (Å²) in [4.78, 5) is 6.89. The molecule has 0 bridgehead atoms. The van der Waals surface area contributed by atoms with E-state index in [1.807, 2.05) is 37.4 Å². The third-order valence-corrected chi connectivity index (χ3v) is 7.24. The number of nitrogens with zero attached hydrogens (tertiary/aromatic N) is 3. The van der Waals surface area contributed by atoms with Crippen LogP contribution in [0.15, 0.2) is 83.5 Å². The summed E-state index contributed by atoms with van der Waals surface area (Å²) in [6.07, 6.45) is 1.84. The first-order chi connectivity index (χ1) is 17.0. The minimum atomic E-state index is -0.0888. The van der Waals surface area contributed by atoms with Crippen molar-refractivity contribution in [2.75, 3.05) is 11.5 Å². The van der Waals surface area contributed by atoms with Gasteiger partial charge in [0.1, 0.15) is 5.75 Å². The van der Waals surface area contributed by atoms with Gasteiger partial charge in [-0.15, -0.1) is 0 Å². The maximum atomic E-state index is 5.90. The third-order valence-electron chi connectivity index (χ3n) is 6.40. The summed E-state index contributed by atoms with van der Waals surface area (Å²) in [6, 6.07) is 24.7. The number of hydrogen-bond acceptors (Lipinski definition) is 3. The molecule has 0 unspecified atom stereocenters. The number of halogens is 1. The van der Waals surface area contributed by atoms with E-state index in [9.17, 15) is 0 Å². The van der Waals surface area contributed by atoms with Gasteiger partial charge in [0.05, 0.1) is 24.4 Å². The van der Waals surface area contributed by atoms with Gasteiger partial charge >= 0.3 is 0 Å². The Hall–Kier alpha value is -3.16. The van der Waals surface area contributed by atoms with Gasteiger partial charge in [0.2, 0.25) is 0 Å². The zero-order chi connectivity index (χ0) is 24.5. The highest BCUT2D eigenvalue weighted by molar-refractivity contribution is 9.10. The molecule has 1 N–H and O–H groups in total. The summed E-state index contributed by atoms with van der Waals surface area (Å²) in [5.74, 6) is 0.848. The van der Waals surface area contributed by atoms with Crippen molar-refractivity contribution in [1.29, 1.82) is 0 Å². The molecular formula is C28H27BrN4OS. The molecule has 5 nitrogen and oxygen atoms in total. The summed E-state index contributed by atoms with van der Waals surface area (Å²) < 4.78 is 9.03. The summed E-state index contributed by atoms with van der Waals surface area (Å²) in [7, 11) is 0. The molecule has 0 radical (unpaired) electrons. The van der Waals surface area contributed by atoms with Crippen LogP contribution in [-0.4, -0.2) is 21.3 Å². The first-order valence-electron chi connectivity index (χ1n) is 11.7. The van der Waals surface area contributed by atoms with Crippen molar-refractivity contribution < 1.29 is 4.74 Å². The summed E-state index contributed by atoms with van der Waals surface area (Å²) in [6.45, 7) is 6.95. The number of aromatic nitrogens is 2. The van der Waals surface area contributed by atoms with E-state index in [-0.39, 0.29) is 12.1 Å². The van der Waals surface area contributed by atoms with Crippen LogP contribution >= 0.6 is 28.1 Å². The van der Waals surface area contributed by atoms with Crippen molar-refractivity contribution in [1.82, 2.24) is 14.9 Å². The van der Waals surface area contributed by atoms with Gasteiger partial charge in [0.15, 0.2) is 5.11 Å². The second-order valence-corrected chi connectivity index (χ2v) is 9.86. The zero-order valence-corrected chi connectivity index (χ0v) is 22.3. The van der Waals surface area contributed by atoms with Crippen LogP contribution in [0.4, 0.5) is 5.69 Å². The van der Waals surface area contributed by atoms with E-state index in [1.54, 1.807) is 0 Å². The van der Waals surface area contributed by atoms with E-state index in [0.717, 1.165) is 27.3 Å². The number of hydrogen-bond donors (Lipinski definition) is 1. The summed E-state index contributed by atoms with van der Waals surface area (Å²) in [5.41, 5.74) is 6.67. The van der Waals surface area contributed by atoms with Gasteiger partial charge in [0, 0.05) is 33.4 Å². The topological polar surface area (TPSA) is 42.3 Å². The summed E-state index contributed by atoms with van der Waals surface area (Å²) in [5, 5.41) is 4.24. The second kappa shape index (κ2) is 9.84. The molecule has 1 fully saturated rings. The number of benzene rings is 2. The number of nitrogens with one attached hydrogen (secondary N) is 1. The van der Waals surface area contributed by atoms with Crippen LogP contribution in [0.3, 0.4) is 0 Å². The molecule has 7 heteroatoms. The number of anilines is 1. The average Bonchev–Trinajstić information content (AvgIpc) is 3.36. The Morgan fingerprint density at radius 1 is 1.00 bits per heavy atom. The van der Waals surface area contributed by atoms with Gasteiger partial charge < -0.3 is 19.5 Å². The molecule has 0 spiro atoms. The molecule has 4 aromatic rings. The molecule has 5 rings (SSSR count). The van der Waals surface area contributed by atoms with Crippen LogP contribution in [0.2, 0.25) is 0 Å². The van der Waals surface area contributed by atoms with Crippen molar-refractivity contribution in [3.8, 4) is 11.4 Å². The molecule has 0 saturated carbocycles. The van der Waals surface area contributed by atoms with Crippen molar-refractivity contribution in [2.24, 2.45) is 0 Å². The van der Waals surface area contributed by atoms with Gasteiger partial charge in [-0.05, 0) is 105 Å². The molecule has 1 aliphatic rings. The Morgan fingerprint density at radius 2 is 1.71 bits per heavy atom. The Kier molecular flexibility index (Phi) is 6.62. The Morgan fingerprint density at radius 3 is 2.37 bits per heavy atom. The molecule has 178 valence electrons. The van der Waals surface area contributed by atoms with Crippen LogP contribution in [0, 0.1) is 13.8 Å². The highest BCUT2D eigenvalue weighted by Gasteiger charge is 2.42. The monoisotopic (exact) mass is 546 g/mol. The average molecular weight is 548 g/mol. The van der Waals surface area contributed by atoms with Crippen LogP contribution in [0.1, 0.15) is 41.7 Å². The number of thiocarbonyl (C=S) groups is 1. The van der Waals surface area contributed by atoms with Gasteiger partial charge in [0.25, 0.3) is 0 Å². The third kappa shape index (κ3) is 4.46. The first-order valence-corrected chi connectivity index (χ1v) is 12.9. The molecule has 0 aliphatic carbocycles. The highest BCUT2D eigenvalue weighted by Crippen LogP contribution is 2.44. The quantitative estimate of drug-likeness (QED) is 0.268. The molecule has 35 heavy (non-hydrogen) atoms. The SMILES string of the molecule is CCOc1ccc(N2C(=S)N[C@H](c3ccccn3)[C@@H]2c2cc(C)n(-c3ccc(Br)cc3)c2C)cc1.